The van der Waals surface area contributed by atoms with Crippen molar-refractivity contribution in [2.24, 2.45) is 0 Å². The van der Waals surface area contributed by atoms with Crippen molar-refractivity contribution < 1.29 is 15.0 Å². The van der Waals surface area contributed by atoms with E-state index in [-0.39, 0.29) is 11.3 Å². The number of benzene rings is 2. The van der Waals surface area contributed by atoms with Crippen LogP contribution < -0.4 is 5.32 Å². The molecule has 2 rings (SSSR count). The highest BCUT2D eigenvalue weighted by atomic mass is 16.4. The molecule has 0 unspecified atom stereocenters. The lowest BCUT2D eigenvalue weighted by Gasteiger charge is -2.10. The first-order valence-electron chi connectivity index (χ1n) is 6.42. The molecule has 20 heavy (non-hydrogen) atoms. The van der Waals surface area contributed by atoms with Gasteiger partial charge in [0, 0.05) is 12.2 Å². The van der Waals surface area contributed by atoms with E-state index in [4.69, 9.17) is 5.11 Å². The smallest absolute Gasteiger partial charge is 0.337 e. The largest absolute Gasteiger partial charge is 0.508 e. The van der Waals surface area contributed by atoms with Gasteiger partial charge in [0.05, 0.1) is 5.56 Å². The molecule has 0 bridgehead atoms. The summed E-state index contributed by atoms with van der Waals surface area (Å²) in [6, 6.07) is 12.3. The molecule has 0 amide bonds. The topological polar surface area (TPSA) is 69.6 Å². The average Bonchev–Trinajstić information content (AvgIpc) is 2.42. The van der Waals surface area contributed by atoms with E-state index in [0.717, 1.165) is 17.5 Å². The number of anilines is 1. The lowest BCUT2D eigenvalue weighted by Crippen LogP contribution is -2.09. The molecular weight excluding hydrogens is 254 g/mol. The van der Waals surface area contributed by atoms with Crippen molar-refractivity contribution >= 4 is 11.7 Å². The third-order valence-electron chi connectivity index (χ3n) is 3.07. The normalized spacial score (nSPS) is 10.2. The molecule has 0 atom stereocenters. The van der Waals surface area contributed by atoms with E-state index >= 15 is 0 Å². The van der Waals surface area contributed by atoms with Crippen molar-refractivity contribution in [1.82, 2.24) is 0 Å². The highest BCUT2D eigenvalue weighted by Crippen LogP contribution is 2.17. The van der Waals surface area contributed by atoms with Crippen LogP contribution in [-0.2, 0) is 6.42 Å². The Balaban J connectivity index is 2.00. The Bertz CT molecular complexity index is 606. The van der Waals surface area contributed by atoms with E-state index in [0.29, 0.717) is 12.2 Å². The molecule has 2 aromatic carbocycles. The van der Waals surface area contributed by atoms with Crippen molar-refractivity contribution in [3.8, 4) is 5.75 Å². The van der Waals surface area contributed by atoms with Crippen molar-refractivity contribution in [1.29, 1.82) is 0 Å². The van der Waals surface area contributed by atoms with Crippen molar-refractivity contribution in [3.63, 3.8) is 0 Å². The lowest BCUT2D eigenvalue weighted by molar-refractivity contribution is 0.0698. The number of aromatic hydroxyl groups is 1. The van der Waals surface area contributed by atoms with Crippen LogP contribution in [-0.4, -0.2) is 22.7 Å². The van der Waals surface area contributed by atoms with Gasteiger partial charge in [0.25, 0.3) is 0 Å². The Labute approximate surface area is 117 Å². The molecule has 4 nitrogen and oxygen atoms in total. The van der Waals surface area contributed by atoms with E-state index in [1.165, 1.54) is 0 Å². The molecule has 0 aliphatic rings. The van der Waals surface area contributed by atoms with E-state index < -0.39 is 5.97 Å². The first-order valence-corrected chi connectivity index (χ1v) is 6.42. The maximum atomic E-state index is 11.2. The Morgan fingerprint density at radius 3 is 2.50 bits per heavy atom. The summed E-state index contributed by atoms with van der Waals surface area (Å²) in [5.41, 5.74) is 2.92. The molecule has 0 aliphatic carbocycles. The van der Waals surface area contributed by atoms with E-state index in [1.54, 1.807) is 24.3 Å². The number of carboxylic acids is 1. The summed E-state index contributed by atoms with van der Waals surface area (Å²) in [5, 5.41) is 21.5. The molecule has 0 radical (unpaired) electrons. The van der Waals surface area contributed by atoms with Gasteiger partial charge >= 0.3 is 5.97 Å². The minimum absolute atomic E-state index is 0.244. The number of carboxylic acid groups (broad SMARTS) is 1. The first kappa shape index (κ1) is 13.9. The molecule has 0 fully saturated rings. The fraction of sp³-hybridized carbons (Fsp3) is 0.188. The summed E-state index contributed by atoms with van der Waals surface area (Å²) < 4.78 is 0. The van der Waals surface area contributed by atoms with Crippen LogP contribution in [0, 0.1) is 6.92 Å². The summed E-state index contributed by atoms with van der Waals surface area (Å²) in [7, 11) is 0. The van der Waals surface area contributed by atoms with Crippen molar-refractivity contribution in [2.75, 3.05) is 11.9 Å². The Hall–Kier alpha value is -2.49. The molecular formula is C16H17NO3. The minimum atomic E-state index is -0.930. The van der Waals surface area contributed by atoms with Gasteiger partial charge in [0.1, 0.15) is 5.75 Å². The molecule has 0 heterocycles. The van der Waals surface area contributed by atoms with Gasteiger partial charge in [-0.05, 0) is 43.2 Å². The summed E-state index contributed by atoms with van der Waals surface area (Å²) in [4.78, 5) is 11.2. The molecule has 4 heteroatoms. The standard InChI is InChI=1S/C16H17NO3/c1-11-2-7-15(14(10-11)16(19)20)17-9-8-12-3-5-13(18)6-4-12/h2-7,10,17-18H,8-9H2,1H3,(H,19,20). The van der Waals surface area contributed by atoms with Gasteiger partial charge in [-0.15, -0.1) is 0 Å². The Morgan fingerprint density at radius 1 is 1.15 bits per heavy atom. The van der Waals surface area contributed by atoms with Crippen molar-refractivity contribution in [3.05, 3.63) is 59.2 Å². The van der Waals surface area contributed by atoms with Crippen LogP contribution in [0.4, 0.5) is 5.69 Å². The highest BCUT2D eigenvalue weighted by Gasteiger charge is 2.09. The molecule has 0 aliphatic heterocycles. The van der Waals surface area contributed by atoms with Crippen LogP contribution in [0.3, 0.4) is 0 Å². The van der Waals surface area contributed by atoms with Gasteiger partial charge in [-0.1, -0.05) is 23.8 Å². The summed E-state index contributed by atoms with van der Waals surface area (Å²) in [6.07, 6.45) is 0.757. The molecule has 0 saturated heterocycles. The van der Waals surface area contributed by atoms with Crippen LogP contribution in [0.5, 0.6) is 5.75 Å². The number of aromatic carboxylic acids is 1. The van der Waals surface area contributed by atoms with Crippen LogP contribution in [0.25, 0.3) is 0 Å². The van der Waals surface area contributed by atoms with Crippen LogP contribution in [0.1, 0.15) is 21.5 Å². The third-order valence-corrected chi connectivity index (χ3v) is 3.07. The first-order chi connectivity index (χ1) is 9.56. The summed E-state index contributed by atoms with van der Waals surface area (Å²) in [6.45, 7) is 2.50. The van der Waals surface area contributed by atoms with Gasteiger partial charge in [-0.2, -0.15) is 0 Å². The third kappa shape index (κ3) is 3.51. The zero-order valence-electron chi connectivity index (χ0n) is 11.3. The van der Waals surface area contributed by atoms with Crippen LogP contribution in [0.2, 0.25) is 0 Å². The number of carbonyl (C=O) groups is 1. The van der Waals surface area contributed by atoms with Crippen LogP contribution in [0.15, 0.2) is 42.5 Å². The Morgan fingerprint density at radius 2 is 1.85 bits per heavy atom. The number of rotatable bonds is 5. The fourth-order valence-corrected chi connectivity index (χ4v) is 1.99. The molecule has 0 aromatic heterocycles. The fourth-order valence-electron chi connectivity index (χ4n) is 1.99. The van der Waals surface area contributed by atoms with E-state index in [2.05, 4.69) is 5.32 Å². The lowest BCUT2D eigenvalue weighted by atomic mass is 10.1. The van der Waals surface area contributed by atoms with Crippen molar-refractivity contribution in [2.45, 2.75) is 13.3 Å². The molecule has 0 saturated carbocycles. The predicted molar refractivity (Wildman–Crippen MR) is 78.4 cm³/mol. The molecule has 3 N–H and O–H groups in total. The number of aryl methyl sites for hydroxylation is 1. The molecule has 2 aromatic rings. The Kier molecular flexibility index (Phi) is 4.25. The van der Waals surface area contributed by atoms with Crippen LogP contribution >= 0.6 is 0 Å². The predicted octanol–water partition coefficient (Wildman–Crippen LogP) is 3.05. The second-order valence-corrected chi connectivity index (χ2v) is 4.70. The SMILES string of the molecule is Cc1ccc(NCCc2ccc(O)cc2)c(C(=O)O)c1. The number of nitrogens with one attached hydrogen (secondary N) is 1. The van der Waals surface area contributed by atoms with Gasteiger partial charge in [0.2, 0.25) is 0 Å². The van der Waals surface area contributed by atoms with E-state index in [1.807, 2.05) is 25.1 Å². The second-order valence-electron chi connectivity index (χ2n) is 4.70. The second kappa shape index (κ2) is 6.10. The minimum Gasteiger partial charge on any atom is -0.508 e. The summed E-state index contributed by atoms with van der Waals surface area (Å²) in [5.74, 6) is -0.686. The zero-order valence-corrected chi connectivity index (χ0v) is 11.3. The highest BCUT2D eigenvalue weighted by molar-refractivity contribution is 5.94. The van der Waals surface area contributed by atoms with Gasteiger partial charge < -0.3 is 15.5 Å². The number of phenols is 1. The number of hydrogen-bond donors (Lipinski definition) is 3. The number of phenolic OH excluding ortho intramolecular Hbond substituents is 1. The quantitative estimate of drug-likeness (QED) is 0.781. The van der Waals surface area contributed by atoms with Gasteiger partial charge in [0.15, 0.2) is 0 Å². The molecule has 104 valence electrons. The monoisotopic (exact) mass is 271 g/mol. The average molecular weight is 271 g/mol. The number of hydrogen-bond acceptors (Lipinski definition) is 3. The van der Waals surface area contributed by atoms with E-state index in [9.17, 15) is 9.90 Å². The maximum Gasteiger partial charge on any atom is 0.337 e. The van der Waals surface area contributed by atoms with Gasteiger partial charge in [-0.3, -0.25) is 0 Å². The zero-order chi connectivity index (χ0) is 14.5. The molecule has 0 spiro atoms. The van der Waals surface area contributed by atoms with Gasteiger partial charge in [-0.25, -0.2) is 4.79 Å². The maximum absolute atomic E-state index is 11.2. The summed E-state index contributed by atoms with van der Waals surface area (Å²) >= 11 is 0.